The van der Waals surface area contributed by atoms with E-state index in [-0.39, 0.29) is 18.1 Å². The maximum Gasteiger partial charge on any atom is 0.323 e. The molecule has 4 heteroatoms. The van der Waals surface area contributed by atoms with E-state index in [0.717, 1.165) is 13.0 Å². The Bertz CT molecular complexity index is 160. The fourth-order valence-electron chi connectivity index (χ4n) is 1.31. The number of hydrogen-bond acceptors (Lipinski definition) is 4. The molecule has 0 aromatic heterocycles. The summed E-state index contributed by atoms with van der Waals surface area (Å²) in [5.74, 6) is -0.169. The van der Waals surface area contributed by atoms with Crippen molar-refractivity contribution in [2.45, 2.75) is 25.5 Å². The summed E-state index contributed by atoms with van der Waals surface area (Å²) in [5.41, 5.74) is 0. The molecule has 1 heterocycles. The fraction of sp³-hybridized carbons (Fsp3) is 0.875. The van der Waals surface area contributed by atoms with Crippen LogP contribution in [0.15, 0.2) is 0 Å². The predicted octanol–water partition coefficient (Wildman–Crippen LogP) is -0.0736. The summed E-state index contributed by atoms with van der Waals surface area (Å²) in [4.78, 5) is 11.2. The number of nitrogens with one attached hydrogen (secondary N) is 1. The van der Waals surface area contributed by atoms with Gasteiger partial charge in [-0.2, -0.15) is 0 Å². The molecule has 0 saturated carbocycles. The number of methoxy groups -OCH3 is 1. The van der Waals surface area contributed by atoms with Crippen LogP contribution in [0.1, 0.15) is 13.3 Å². The van der Waals surface area contributed by atoms with Gasteiger partial charge < -0.3 is 14.8 Å². The molecule has 0 unspecified atom stereocenters. The van der Waals surface area contributed by atoms with Crippen LogP contribution in [0.2, 0.25) is 0 Å². The van der Waals surface area contributed by atoms with Crippen molar-refractivity contribution in [2.24, 2.45) is 0 Å². The van der Waals surface area contributed by atoms with Gasteiger partial charge in [0.2, 0.25) is 0 Å². The van der Waals surface area contributed by atoms with Gasteiger partial charge in [-0.1, -0.05) is 0 Å². The van der Waals surface area contributed by atoms with Crippen molar-refractivity contribution < 1.29 is 14.3 Å². The lowest BCUT2D eigenvalue weighted by Crippen LogP contribution is -2.32. The highest BCUT2D eigenvalue weighted by Gasteiger charge is 2.29. The maximum absolute atomic E-state index is 11.2. The van der Waals surface area contributed by atoms with Crippen LogP contribution in [-0.4, -0.2) is 38.4 Å². The highest BCUT2D eigenvalue weighted by molar-refractivity contribution is 5.76. The van der Waals surface area contributed by atoms with E-state index in [1.165, 1.54) is 0 Å². The van der Waals surface area contributed by atoms with E-state index in [9.17, 15) is 4.79 Å². The Labute approximate surface area is 72.2 Å². The van der Waals surface area contributed by atoms with Crippen molar-refractivity contribution in [3.05, 3.63) is 0 Å². The van der Waals surface area contributed by atoms with Gasteiger partial charge in [0.25, 0.3) is 0 Å². The van der Waals surface area contributed by atoms with E-state index in [0.29, 0.717) is 6.61 Å². The molecule has 1 saturated heterocycles. The van der Waals surface area contributed by atoms with Gasteiger partial charge in [-0.05, 0) is 6.92 Å². The second-order valence-corrected chi connectivity index (χ2v) is 2.81. The van der Waals surface area contributed by atoms with Crippen LogP contribution in [0.4, 0.5) is 0 Å². The molecule has 0 aromatic carbocycles. The first-order chi connectivity index (χ1) is 5.77. The van der Waals surface area contributed by atoms with Gasteiger partial charge in [0.15, 0.2) is 0 Å². The Morgan fingerprint density at radius 1 is 1.67 bits per heavy atom. The first-order valence-electron chi connectivity index (χ1n) is 4.20. The third-order valence-electron chi connectivity index (χ3n) is 1.99. The van der Waals surface area contributed by atoms with E-state index in [1.807, 2.05) is 0 Å². The molecule has 0 amide bonds. The number of hydrogen-bond donors (Lipinski definition) is 1. The predicted molar refractivity (Wildman–Crippen MR) is 43.8 cm³/mol. The van der Waals surface area contributed by atoms with Crippen LogP contribution in [0.25, 0.3) is 0 Å². The van der Waals surface area contributed by atoms with Gasteiger partial charge in [0.1, 0.15) is 6.04 Å². The average molecular weight is 173 g/mol. The monoisotopic (exact) mass is 173 g/mol. The van der Waals surface area contributed by atoms with Gasteiger partial charge in [-0.25, -0.2) is 0 Å². The van der Waals surface area contributed by atoms with Crippen LogP contribution < -0.4 is 5.32 Å². The van der Waals surface area contributed by atoms with Gasteiger partial charge in [-0.15, -0.1) is 0 Å². The summed E-state index contributed by atoms with van der Waals surface area (Å²) in [6.07, 6.45) is 0.870. The van der Waals surface area contributed by atoms with Crippen molar-refractivity contribution >= 4 is 5.97 Å². The van der Waals surface area contributed by atoms with Crippen LogP contribution in [0.3, 0.4) is 0 Å². The second kappa shape index (κ2) is 4.42. The Balaban J connectivity index is 2.31. The molecule has 0 aliphatic carbocycles. The zero-order chi connectivity index (χ0) is 8.97. The molecule has 1 N–H and O–H groups in total. The number of carbonyl (C=O) groups is 1. The summed E-state index contributed by atoms with van der Waals surface area (Å²) in [7, 11) is 1.65. The zero-order valence-electron chi connectivity index (χ0n) is 7.50. The molecule has 1 fully saturated rings. The molecule has 2 atom stereocenters. The Morgan fingerprint density at radius 2 is 2.42 bits per heavy atom. The number of carbonyl (C=O) groups excluding carboxylic acids is 1. The molecule has 0 bridgehead atoms. The summed E-state index contributed by atoms with van der Waals surface area (Å²) in [6, 6.07) is -0.171. The molecule has 0 radical (unpaired) electrons. The largest absolute Gasteiger partial charge is 0.465 e. The van der Waals surface area contributed by atoms with Crippen LogP contribution in [-0.2, 0) is 14.3 Å². The number of ether oxygens (including phenoxy) is 2. The Morgan fingerprint density at radius 3 is 2.92 bits per heavy atom. The van der Waals surface area contributed by atoms with Crippen molar-refractivity contribution in [3.63, 3.8) is 0 Å². The molecule has 1 aliphatic rings. The van der Waals surface area contributed by atoms with Gasteiger partial charge in [0, 0.05) is 20.1 Å². The topological polar surface area (TPSA) is 47.6 Å². The highest BCUT2D eigenvalue weighted by Crippen LogP contribution is 2.10. The van der Waals surface area contributed by atoms with E-state index >= 15 is 0 Å². The van der Waals surface area contributed by atoms with Crippen molar-refractivity contribution in [1.29, 1.82) is 0 Å². The average Bonchev–Trinajstić information content (AvgIpc) is 2.52. The van der Waals surface area contributed by atoms with Gasteiger partial charge >= 0.3 is 5.97 Å². The fourth-order valence-corrected chi connectivity index (χ4v) is 1.31. The maximum atomic E-state index is 11.2. The minimum absolute atomic E-state index is 0.152. The summed E-state index contributed by atoms with van der Waals surface area (Å²) >= 11 is 0. The smallest absolute Gasteiger partial charge is 0.323 e. The Hall–Kier alpha value is -0.610. The minimum atomic E-state index is -0.171. The molecule has 1 rings (SSSR count). The molecule has 0 aromatic rings. The van der Waals surface area contributed by atoms with Gasteiger partial charge in [0.05, 0.1) is 12.7 Å². The SMILES string of the molecule is CCOC(=O)[C@@H]1C[C@@H](OC)CN1. The lowest BCUT2D eigenvalue weighted by atomic mass is 10.2. The van der Waals surface area contributed by atoms with Crippen LogP contribution in [0.5, 0.6) is 0 Å². The summed E-state index contributed by atoms with van der Waals surface area (Å²) in [6.45, 7) is 2.98. The first-order valence-corrected chi connectivity index (χ1v) is 4.20. The Kier molecular flexibility index (Phi) is 3.49. The quantitative estimate of drug-likeness (QED) is 0.607. The number of esters is 1. The third kappa shape index (κ3) is 2.19. The van der Waals surface area contributed by atoms with Crippen LogP contribution in [0, 0.1) is 0 Å². The molecule has 12 heavy (non-hydrogen) atoms. The molecule has 4 nitrogen and oxygen atoms in total. The summed E-state index contributed by atoms with van der Waals surface area (Å²) < 4.78 is 9.96. The minimum Gasteiger partial charge on any atom is -0.465 e. The van der Waals surface area contributed by atoms with Crippen LogP contribution >= 0.6 is 0 Å². The first kappa shape index (κ1) is 9.48. The third-order valence-corrected chi connectivity index (χ3v) is 1.99. The lowest BCUT2D eigenvalue weighted by Gasteiger charge is -2.08. The van der Waals surface area contributed by atoms with E-state index in [1.54, 1.807) is 14.0 Å². The van der Waals surface area contributed by atoms with E-state index < -0.39 is 0 Å². The second-order valence-electron chi connectivity index (χ2n) is 2.81. The van der Waals surface area contributed by atoms with Gasteiger partial charge in [-0.3, -0.25) is 4.79 Å². The summed E-state index contributed by atoms with van der Waals surface area (Å²) in [5, 5.41) is 3.04. The molecule has 70 valence electrons. The normalized spacial score (nSPS) is 28.8. The zero-order valence-corrected chi connectivity index (χ0v) is 7.50. The van der Waals surface area contributed by atoms with E-state index in [2.05, 4.69) is 5.32 Å². The molecule has 0 spiro atoms. The standard InChI is InChI=1S/C8H15NO3/c1-3-12-8(10)7-4-6(11-2)5-9-7/h6-7,9H,3-5H2,1-2H3/t6-,7+/m1/s1. The van der Waals surface area contributed by atoms with E-state index in [4.69, 9.17) is 9.47 Å². The molecular weight excluding hydrogens is 158 g/mol. The number of rotatable bonds is 3. The highest BCUT2D eigenvalue weighted by atomic mass is 16.5. The lowest BCUT2D eigenvalue weighted by molar-refractivity contribution is -0.145. The molecule has 1 aliphatic heterocycles. The molecular formula is C8H15NO3. The van der Waals surface area contributed by atoms with Crippen molar-refractivity contribution in [1.82, 2.24) is 5.32 Å². The van der Waals surface area contributed by atoms with Crippen molar-refractivity contribution in [3.8, 4) is 0 Å². The van der Waals surface area contributed by atoms with Crippen molar-refractivity contribution in [2.75, 3.05) is 20.3 Å².